The molecular weight excluding hydrogens is 272 g/mol. The fraction of sp³-hybridized carbons (Fsp3) is 0.400. The molecule has 6 nitrogen and oxygen atoms in total. The molecule has 98 valence electrons. The van der Waals surface area contributed by atoms with Gasteiger partial charge in [0.2, 0.25) is 10.0 Å². The minimum absolute atomic E-state index is 0.156. The van der Waals surface area contributed by atoms with Crippen molar-refractivity contribution in [3.05, 3.63) is 28.5 Å². The monoisotopic (exact) mass is 286 g/mol. The third-order valence-corrected chi connectivity index (χ3v) is 4.69. The molecule has 0 amide bonds. The molecule has 0 bridgehead atoms. The van der Waals surface area contributed by atoms with E-state index in [9.17, 15) is 8.42 Å². The van der Waals surface area contributed by atoms with Gasteiger partial charge < -0.3 is 0 Å². The minimum atomic E-state index is -3.55. The molecule has 1 N–H and O–H groups in total. The molecule has 0 spiro atoms. The quantitative estimate of drug-likeness (QED) is 0.917. The largest absolute Gasteiger partial charge is 0.274 e. The summed E-state index contributed by atoms with van der Waals surface area (Å²) in [5, 5.41) is 6.62. The van der Waals surface area contributed by atoms with E-state index in [1.165, 1.54) is 28.4 Å². The number of aromatic nitrogens is 3. The first kappa shape index (κ1) is 13.2. The van der Waals surface area contributed by atoms with Crippen LogP contribution in [0.2, 0.25) is 0 Å². The van der Waals surface area contributed by atoms with Crippen molar-refractivity contribution in [3.63, 3.8) is 0 Å². The van der Waals surface area contributed by atoms with Crippen molar-refractivity contribution in [2.75, 3.05) is 0 Å². The van der Waals surface area contributed by atoms with Crippen LogP contribution in [0.4, 0.5) is 0 Å². The van der Waals surface area contributed by atoms with E-state index in [1.54, 1.807) is 14.0 Å². The predicted octanol–water partition coefficient (Wildman–Crippen LogP) is 1.22. The maximum absolute atomic E-state index is 12.0. The minimum Gasteiger partial charge on any atom is -0.274 e. The van der Waals surface area contributed by atoms with Crippen molar-refractivity contribution in [1.82, 2.24) is 19.5 Å². The van der Waals surface area contributed by atoms with Crippen molar-refractivity contribution in [1.29, 1.82) is 0 Å². The lowest BCUT2D eigenvalue weighted by Gasteiger charge is -2.10. The zero-order valence-electron chi connectivity index (χ0n) is 10.3. The third-order valence-electron chi connectivity index (χ3n) is 2.40. The molecule has 2 heterocycles. The summed E-state index contributed by atoms with van der Waals surface area (Å²) >= 11 is 1.50. The van der Waals surface area contributed by atoms with Crippen LogP contribution in [-0.2, 0) is 17.1 Å². The highest BCUT2D eigenvalue weighted by atomic mass is 32.2. The molecule has 0 saturated carbocycles. The van der Waals surface area contributed by atoms with Crippen LogP contribution in [0.25, 0.3) is 0 Å². The Kier molecular flexibility index (Phi) is 3.51. The van der Waals surface area contributed by atoms with Crippen LogP contribution in [0, 0.1) is 6.92 Å². The molecule has 2 rings (SSSR count). The Morgan fingerprint density at radius 2 is 2.22 bits per heavy atom. The highest BCUT2D eigenvalue weighted by molar-refractivity contribution is 7.89. The van der Waals surface area contributed by atoms with Gasteiger partial charge in [-0.1, -0.05) is 0 Å². The van der Waals surface area contributed by atoms with Crippen molar-refractivity contribution in [3.8, 4) is 0 Å². The molecule has 0 radical (unpaired) electrons. The van der Waals surface area contributed by atoms with Gasteiger partial charge in [0.1, 0.15) is 4.90 Å². The lowest BCUT2D eigenvalue weighted by Crippen LogP contribution is -2.26. The number of nitrogens with zero attached hydrogens (tertiary/aromatic N) is 3. The van der Waals surface area contributed by atoms with E-state index in [4.69, 9.17) is 0 Å². The molecular formula is C10H14N4O2S2. The predicted molar refractivity (Wildman–Crippen MR) is 68.8 cm³/mol. The van der Waals surface area contributed by atoms with Crippen molar-refractivity contribution >= 4 is 21.4 Å². The van der Waals surface area contributed by atoms with E-state index in [1.807, 2.05) is 12.3 Å². The van der Waals surface area contributed by atoms with Crippen LogP contribution >= 0.6 is 11.3 Å². The van der Waals surface area contributed by atoms with Crippen molar-refractivity contribution < 1.29 is 8.42 Å². The molecule has 0 aliphatic rings. The van der Waals surface area contributed by atoms with Gasteiger partial charge in [-0.3, -0.25) is 4.68 Å². The van der Waals surface area contributed by atoms with E-state index in [0.29, 0.717) is 0 Å². The van der Waals surface area contributed by atoms with Gasteiger partial charge in [-0.2, -0.15) is 5.10 Å². The third kappa shape index (κ3) is 2.77. The molecule has 0 saturated heterocycles. The lowest BCUT2D eigenvalue weighted by atomic mass is 10.3. The Morgan fingerprint density at radius 1 is 1.50 bits per heavy atom. The molecule has 0 aliphatic heterocycles. The van der Waals surface area contributed by atoms with Gasteiger partial charge in [-0.15, -0.1) is 11.3 Å². The summed E-state index contributed by atoms with van der Waals surface area (Å²) in [7, 11) is -1.87. The number of rotatable bonds is 4. The number of thiazole rings is 1. The fourth-order valence-electron chi connectivity index (χ4n) is 1.48. The highest BCUT2D eigenvalue weighted by Crippen LogP contribution is 2.18. The van der Waals surface area contributed by atoms with E-state index in [2.05, 4.69) is 14.8 Å². The number of aryl methyl sites for hydroxylation is 2. The summed E-state index contributed by atoms with van der Waals surface area (Å²) < 4.78 is 28.1. The number of hydrogen-bond acceptors (Lipinski definition) is 5. The van der Waals surface area contributed by atoms with Gasteiger partial charge in [0.05, 0.1) is 22.9 Å². The molecule has 0 fully saturated rings. The van der Waals surface area contributed by atoms with Crippen LogP contribution in [0.1, 0.15) is 23.7 Å². The zero-order valence-corrected chi connectivity index (χ0v) is 11.9. The standard InChI is InChI=1S/C10H14N4O2S2/c1-7(10-6-17-8(2)12-10)13-18(15,16)9-4-11-14(3)5-9/h4-7,13H,1-3H3. The summed E-state index contributed by atoms with van der Waals surface area (Å²) in [6.45, 7) is 3.65. The van der Waals surface area contributed by atoms with E-state index in [-0.39, 0.29) is 10.9 Å². The maximum atomic E-state index is 12.0. The first-order valence-electron chi connectivity index (χ1n) is 5.31. The second-order valence-electron chi connectivity index (χ2n) is 3.98. The first-order valence-corrected chi connectivity index (χ1v) is 7.68. The van der Waals surface area contributed by atoms with Crippen LogP contribution in [0.3, 0.4) is 0 Å². The first-order chi connectivity index (χ1) is 8.38. The Balaban J connectivity index is 2.18. The summed E-state index contributed by atoms with van der Waals surface area (Å²) in [4.78, 5) is 4.42. The molecule has 2 aromatic rings. The van der Waals surface area contributed by atoms with Gasteiger partial charge >= 0.3 is 0 Å². The van der Waals surface area contributed by atoms with Gasteiger partial charge in [0.15, 0.2) is 0 Å². The molecule has 0 aliphatic carbocycles. The normalized spacial score (nSPS) is 13.7. The lowest BCUT2D eigenvalue weighted by molar-refractivity contribution is 0.564. The van der Waals surface area contributed by atoms with Gasteiger partial charge in [0, 0.05) is 18.6 Å². The Labute approximate surface area is 110 Å². The number of sulfonamides is 1. The van der Waals surface area contributed by atoms with Gasteiger partial charge in [-0.25, -0.2) is 18.1 Å². The molecule has 2 aromatic heterocycles. The van der Waals surface area contributed by atoms with Crippen LogP contribution in [0.5, 0.6) is 0 Å². The Bertz CT molecular complexity index is 644. The molecule has 8 heteroatoms. The average Bonchev–Trinajstić information content (AvgIpc) is 2.86. The van der Waals surface area contributed by atoms with E-state index < -0.39 is 10.0 Å². The van der Waals surface area contributed by atoms with Crippen LogP contribution in [-0.4, -0.2) is 23.2 Å². The second kappa shape index (κ2) is 4.79. The molecule has 1 atom stereocenters. The zero-order chi connectivity index (χ0) is 13.3. The van der Waals surface area contributed by atoms with Gasteiger partial charge in [0.25, 0.3) is 0 Å². The van der Waals surface area contributed by atoms with Crippen LogP contribution < -0.4 is 4.72 Å². The van der Waals surface area contributed by atoms with Crippen molar-refractivity contribution in [2.24, 2.45) is 7.05 Å². The average molecular weight is 286 g/mol. The fourth-order valence-corrected chi connectivity index (χ4v) is 3.38. The van der Waals surface area contributed by atoms with E-state index in [0.717, 1.165) is 10.7 Å². The number of hydrogen-bond donors (Lipinski definition) is 1. The highest BCUT2D eigenvalue weighted by Gasteiger charge is 2.20. The number of nitrogens with one attached hydrogen (secondary N) is 1. The summed E-state index contributed by atoms with van der Waals surface area (Å²) in [6, 6.07) is -0.361. The summed E-state index contributed by atoms with van der Waals surface area (Å²) in [6.07, 6.45) is 2.78. The topological polar surface area (TPSA) is 76.9 Å². The van der Waals surface area contributed by atoms with Crippen LogP contribution in [0.15, 0.2) is 22.7 Å². The molecule has 1 unspecified atom stereocenters. The smallest absolute Gasteiger partial charge is 0.244 e. The van der Waals surface area contributed by atoms with Crippen molar-refractivity contribution in [2.45, 2.75) is 24.8 Å². The molecule has 18 heavy (non-hydrogen) atoms. The second-order valence-corrected chi connectivity index (χ2v) is 6.76. The summed E-state index contributed by atoms with van der Waals surface area (Å²) in [5.41, 5.74) is 0.727. The summed E-state index contributed by atoms with van der Waals surface area (Å²) in [5.74, 6) is 0. The SMILES string of the molecule is Cc1nc(C(C)NS(=O)(=O)c2cnn(C)c2)cs1. The Hall–Kier alpha value is -1.25. The van der Waals surface area contributed by atoms with E-state index >= 15 is 0 Å². The van der Waals surface area contributed by atoms with Gasteiger partial charge in [-0.05, 0) is 13.8 Å². The Morgan fingerprint density at radius 3 is 2.72 bits per heavy atom. The maximum Gasteiger partial charge on any atom is 0.244 e. The molecule has 0 aromatic carbocycles.